The Kier molecular flexibility index (Phi) is 15.8. The summed E-state index contributed by atoms with van der Waals surface area (Å²) in [7, 11) is 4.23. The summed E-state index contributed by atoms with van der Waals surface area (Å²) in [6.07, 6.45) is 19.7. The third-order valence-corrected chi connectivity index (χ3v) is 3.58. The molecule has 0 bridgehead atoms. The van der Waals surface area contributed by atoms with Crippen molar-refractivity contribution in [1.82, 2.24) is 0 Å². The lowest BCUT2D eigenvalue weighted by atomic mass is 10.1. The average molecular weight is 242 g/mol. The van der Waals surface area contributed by atoms with Crippen molar-refractivity contribution in [2.45, 2.75) is 90.4 Å². The van der Waals surface area contributed by atoms with Crippen LogP contribution >= 0.6 is 9.24 Å². The highest BCUT2D eigenvalue weighted by atomic mass is 31.0. The molecular formula is C15H31P. The van der Waals surface area contributed by atoms with E-state index in [9.17, 15) is 0 Å². The predicted octanol–water partition coefficient (Wildman–Crippen LogP) is 6.49. The zero-order valence-corrected chi connectivity index (χ0v) is 12.2. The highest BCUT2D eigenvalue weighted by molar-refractivity contribution is 7.16. The number of hydrogen-bond acceptors (Lipinski definition) is 0. The normalized spacial score (nSPS) is 10.9. The molecule has 0 aromatic heterocycles. The largest absolute Gasteiger partial charge is 0.0654 e. The van der Waals surface area contributed by atoms with E-state index in [4.69, 9.17) is 0 Å². The van der Waals surface area contributed by atoms with E-state index in [1.54, 1.807) is 0 Å². The van der Waals surface area contributed by atoms with Crippen LogP contribution in [-0.4, -0.2) is 6.16 Å². The van der Waals surface area contributed by atoms with E-state index in [2.05, 4.69) is 16.2 Å². The van der Waals surface area contributed by atoms with Crippen LogP contribution in [0.3, 0.4) is 0 Å². The third-order valence-electron chi connectivity index (χ3n) is 3.26. The molecule has 0 aliphatic carbocycles. The standard InChI is InChI=1S/C15H31P/c1-2-3-4-5-6-7-8-9-10-11-12-13-14-15-16/h2-15H2,1H3. The highest BCUT2D eigenvalue weighted by Gasteiger charge is 1.92. The predicted molar refractivity (Wildman–Crippen MR) is 77.5 cm³/mol. The maximum atomic E-state index is 4.23. The van der Waals surface area contributed by atoms with Crippen LogP contribution in [0.25, 0.3) is 0 Å². The Labute approximate surface area is 106 Å². The Morgan fingerprint density at radius 2 is 0.812 bits per heavy atom. The van der Waals surface area contributed by atoms with Crippen LogP contribution in [-0.2, 0) is 0 Å². The Hall–Kier alpha value is 0.430. The summed E-state index contributed by atoms with van der Waals surface area (Å²) >= 11 is 0. The molecule has 0 saturated heterocycles. The monoisotopic (exact) mass is 242 g/mol. The molecule has 0 aromatic rings. The van der Waals surface area contributed by atoms with Crippen molar-refractivity contribution >= 4 is 9.24 Å². The highest BCUT2D eigenvalue weighted by Crippen LogP contribution is 2.12. The summed E-state index contributed by atoms with van der Waals surface area (Å²) in [5.74, 6) is 0. The van der Waals surface area contributed by atoms with Gasteiger partial charge in [-0.25, -0.2) is 0 Å². The molecule has 0 fully saturated rings. The zero-order valence-electron chi connectivity index (χ0n) is 11.3. The van der Waals surface area contributed by atoms with Gasteiger partial charge in [-0.15, -0.1) is 0 Å². The average Bonchev–Trinajstić information content (AvgIpc) is 2.31. The van der Waals surface area contributed by atoms with Gasteiger partial charge in [0.1, 0.15) is 0 Å². The molecule has 0 saturated carbocycles. The smallest absolute Gasteiger partial charge is 0.0242 e. The molecule has 1 heteroatoms. The minimum atomic E-state index is 1.07. The fourth-order valence-corrected chi connectivity index (χ4v) is 2.35. The Morgan fingerprint density at radius 3 is 1.12 bits per heavy atom. The Bertz CT molecular complexity index is 98.0. The molecule has 0 atom stereocenters. The molecule has 2 radical (unpaired) electrons. The maximum absolute atomic E-state index is 4.23. The van der Waals surface area contributed by atoms with Gasteiger partial charge < -0.3 is 0 Å². The molecule has 0 spiro atoms. The molecule has 0 aliphatic rings. The molecule has 0 unspecified atom stereocenters. The third kappa shape index (κ3) is 14.4. The molecule has 0 N–H and O–H groups in total. The van der Waals surface area contributed by atoms with Crippen LogP contribution in [0.15, 0.2) is 0 Å². The lowest BCUT2D eigenvalue weighted by molar-refractivity contribution is 0.543. The molecule has 0 amide bonds. The fourth-order valence-electron chi connectivity index (χ4n) is 2.13. The van der Waals surface area contributed by atoms with E-state index in [-0.39, 0.29) is 0 Å². The van der Waals surface area contributed by atoms with E-state index in [0.29, 0.717) is 0 Å². The van der Waals surface area contributed by atoms with Crippen molar-refractivity contribution in [3.05, 3.63) is 0 Å². The Balaban J connectivity index is 2.83. The van der Waals surface area contributed by atoms with Crippen LogP contribution < -0.4 is 0 Å². The lowest BCUT2D eigenvalue weighted by Crippen LogP contribution is -1.83. The van der Waals surface area contributed by atoms with Gasteiger partial charge in [0.25, 0.3) is 0 Å². The first-order valence-electron chi connectivity index (χ1n) is 7.52. The van der Waals surface area contributed by atoms with Crippen LogP contribution in [0, 0.1) is 0 Å². The lowest BCUT2D eigenvalue weighted by Gasteiger charge is -2.02. The first kappa shape index (κ1) is 16.4. The van der Waals surface area contributed by atoms with Crippen molar-refractivity contribution in [2.24, 2.45) is 0 Å². The fraction of sp³-hybridized carbons (Fsp3) is 1.00. The molecule has 0 aromatic carbocycles. The second-order valence-corrected chi connectivity index (χ2v) is 5.41. The van der Waals surface area contributed by atoms with Gasteiger partial charge in [0.2, 0.25) is 0 Å². The summed E-state index contributed by atoms with van der Waals surface area (Å²) in [6.45, 7) is 2.29. The molecule has 0 rings (SSSR count). The van der Waals surface area contributed by atoms with Gasteiger partial charge in [-0.1, -0.05) is 84.0 Å². The van der Waals surface area contributed by atoms with Gasteiger partial charge in [0.15, 0.2) is 0 Å². The zero-order chi connectivity index (χ0) is 11.9. The summed E-state index contributed by atoms with van der Waals surface area (Å²) in [4.78, 5) is 0. The molecule has 96 valence electrons. The summed E-state index contributed by atoms with van der Waals surface area (Å²) in [5, 5.41) is 0. The van der Waals surface area contributed by atoms with Gasteiger partial charge in [0.05, 0.1) is 0 Å². The first-order valence-corrected chi connectivity index (χ1v) is 8.16. The summed E-state index contributed by atoms with van der Waals surface area (Å²) in [6, 6.07) is 0. The summed E-state index contributed by atoms with van der Waals surface area (Å²) in [5.41, 5.74) is 0. The van der Waals surface area contributed by atoms with Crippen LogP contribution in [0.5, 0.6) is 0 Å². The van der Waals surface area contributed by atoms with Crippen molar-refractivity contribution in [2.75, 3.05) is 6.16 Å². The maximum Gasteiger partial charge on any atom is -0.0242 e. The summed E-state index contributed by atoms with van der Waals surface area (Å²) < 4.78 is 0. The first-order chi connectivity index (χ1) is 7.91. The van der Waals surface area contributed by atoms with Gasteiger partial charge in [0, 0.05) is 0 Å². The van der Waals surface area contributed by atoms with Crippen molar-refractivity contribution in [1.29, 1.82) is 0 Å². The van der Waals surface area contributed by atoms with E-state index in [1.165, 1.54) is 83.5 Å². The number of rotatable bonds is 13. The van der Waals surface area contributed by atoms with Crippen molar-refractivity contribution in [3.63, 3.8) is 0 Å². The molecule has 0 heterocycles. The van der Waals surface area contributed by atoms with Gasteiger partial charge in [-0.3, -0.25) is 0 Å². The van der Waals surface area contributed by atoms with Crippen LogP contribution in [0.4, 0.5) is 0 Å². The second kappa shape index (κ2) is 15.4. The van der Waals surface area contributed by atoms with Crippen molar-refractivity contribution < 1.29 is 0 Å². The molecule has 0 nitrogen and oxygen atoms in total. The quantitative estimate of drug-likeness (QED) is 0.256. The molecule has 16 heavy (non-hydrogen) atoms. The van der Waals surface area contributed by atoms with Crippen molar-refractivity contribution in [3.8, 4) is 0 Å². The van der Waals surface area contributed by atoms with Gasteiger partial charge >= 0.3 is 0 Å². The van der Waals surface area contributed by atoms with E-state index >= 15 is 0 Å². The van der Waals surface area contributed by atoms with Gasteiger partial charge in [-0.2, -0.15) is 0 Å². The molecular weight excluding hydrogens is 211 g/mol. The van der Waals surface area contributed by atoms with Crippen LogP contribution in [0.1, 0.15) is 90.4 Å². The van der Waals surface area contributed by atoms with E-state index in [0.717, 1.165) is 6.16 Å². The topological polar surface area (TPSA) is 0 Å². The van der Waals surface area contributed by atoms with E-state index in [1.807, 2.05) is 0 Å². The van der Waals surface area contributed by atoms with Gasteiger partial charge in [-0.05, 0) is 21.8 Å². The Morgan fingerprint density at radius 1 is 0.500 bits per heavy atom. The SMILES string of the molecule is CCCCCCCCCCCCCCC[P]. The number of unbranched alkanes of at least 4 members (excludes halogenated alkanes) is 12. The minimum Gasteiger partial charge on any atom is -0.0654 e. The molecule has 0 aliphatic heterocycles. The van der Waals surface area contributed by atoms with E-state index < -0.39 is 0 Å². The minimum absolute atomic E-state index is 1.07. The second-order valence-electron chi connectivity index (χ2n) is 4.97. The van der Waals surface area contributed by atoms with Crippen LogP contribution in [0.2, 0.25) is 0 Å². The number of hydrogen-bond donors (Lipinski definition) is 0.